The Balaban J connectivity index is 0.000000251. The van der Waals surface area contributed by atoms with Crippen LogP contribution in [0.15, 0.2) is 24.3 Å². The molecule has 1 fully saturated rings. The van der Waals surface area contributed by atoms with Gasteiger partial charge < -0.3 is 34.8 Å². The summed E-state index contributed by atoms with van der Waals surface area (Å²) in [6.45, 7) is 3.36. The summed E-state index contributed by atoms with van der Waals surface area (Å²) in [7, 11) is 0. The highest BCUT2D eigenvalue weighted by Gasteiger charge is 2.40. The standard InChI is InChI=1S/C18H24N4O2.C6H8O7/c23-13-18-20-19-17-12-21(8-9-22(17)18)11-14-4-3-7-16(10-14)24-15-5-1-2-6-15;7-3(8)1-6(13,5(11)12)2-4(9)10/h3-4,7,10,15,23H,1-2,5-6,8-9,11-13H2;13H,1-2H2,(H,7,8)(H,9,10)(H,11,12). The third-order valence-electron chi connectivity index (χ3n) is 6.25. The Morgan fingerprint density at radius 3 is 2.30 bits per heavy atom. The number of aromatic nitrogens is 3. The van der Waals surface area contributed by atoms with Gasteiger partial charge in [-0.1, -0.05) is 12.1 Å². The van der Waals surface area contributed by atoms with E-state index in [2.05, 4.69) is 39.4 Å². The van der Waals surface area contributed by atoms with Crippen molar-refractivity contribution in [1.29, 1.82) is 0 Å². The molecule has 2 aromatic rings. The minimum absolute atomic E-state index is 0.0481. The lowest BCUT2D eigenvalue weighted by atomic mass is 9.96. The van der Waals surface area contributed by atoms with Crippen molar-refractivity contribution in [3.05, 3.63) is 41.5 Å². The van der Waals surface area contributed by atoms with E-state index >= 15 is 0 Å². The van der Waals surface area contributed by atoms with Crippen molar-refractivity contribution in [3.63, 3.8) is 0 Å². The van der Waals surface area contributed by atoms with Gasteiger partial charge in [-0.05, 0) is 43.4 Å². The molecule has 5 N–H and O–H groups in total. The van der Waals surface area contributed by atoms with Gasteiger partial charge >= 0.3 is 17.9 Å². The molecule has 13 nitrogen and oxygen atoms in total. The van der Waals surface area contributed by atoms with Gasteiger partial charge in [-0.15, -0.1) is 10.2 Å². The van der Waals surface area contributed by atoms with E-state index in [0.29, 0.717) is 11.9 Å². The number of rotatable bonds is 10. The molecule has 0 amide bonds. The third-order valence-corrected chi connectivity index (χ3v) is 6.25. The van der Waals surface area contributed by atoms with Crippen molar-refractivity contribution in [1.82, 2.24) is 19.7 Å². The zero-order chi connectivity index (χ0) is 27.0. The van der Waals surface area contributed by atoms with Crippen molar-refractivity contribution in [2.45, 2.75) is 76.5 Å². The Hall–Kier alpha value is -3.55. The number of aliphatic carboxylic acids is 3. The number of carbonyl (C=O) groups is 3. The lowest BCUT2D eigenvalue weighted by Crippen LogP contribution is -2.42. The van der Waals surface area contributed by atoms with Gasteiger partial charge in [-0.25, -0.2) is 4.79 Å². The van der Waals surface area contributed by atoms with Gasteiger partial charge in [0.2, 0.25) is 0 Å². The molecule has 13 heteroatoms. The molecule has 0 saturated heterocycles. The fraction of sp³-hybridized carbons (Fsp3) is 0.542. The van der Waals surface area contributed by atoms with E-state index in [0.717, 1.165) is 37.8 Å². The molecule has 0 atom stereocenters. The number of hydrogen-bond donors (Lipinski definition) is 5. The lowest BCUT2D eigenvalue weighted by Gasteiger charge is -2.27. The van der Waals surface area contributed by atoms with Crippen LogP contribution in [0.2, 0.25) is 0 Å². The predicted octanol–water partition coefficient (Wildman–Crippen LogP) is 0.859. The summed E-state index contributed by atoms with van der Waals surface area (Å²) in [5.74, 6) is -2.43. The SMILES string of the molecule is O=C(O)CC(O)(CC(=O)O)C(=O)O.OCc1nnc2n1CCN(Cc1cccc(OC3CCCC3)c1)C2. The van der Waals surface area contributed by atoms with E-state index in [1.165, 1.54) is 31.2 Å². The third kappa shape index (κ3) is 7.97. The Labute approximate surface area is 212 Å². The smallest absolute Gasteiger partial charge is 0.336 e. The molecule has 202 valence electrons. The molecule has 1 saturated carbocycles. The number of hydrogen-bond acceptors (Lipinski definition) is 9. The summed E-state index contributed by atoms with van der Waals surface area (Å²) < 4.78 is 8.13. The monoisotopic (exact) mass is 520 g/mol. The molecule has 2 heterocycles. The van der Waals surface area contributed by atoms with Crippen molar-refractivity contribution in [2.75, 3.05) is 6.54 Å². The first-order chi connectivity index (χ1) is 17.6. The zero-order valence-electron chi connectivity index (χ0n) is 20.3. The van der Waals surface area contributed by atoms with Crippen molar-refractivity contribution in [3.8, 4) is 5.75 Å². The van der Waals surface area contributed by atoms with Gasteiger partial charge in [0, 0.05) is 19.6 Å². The largest absolute Gasteiger partial charge is 0.490 e. The van der Waals surface area contributed by atoms with Gasteiger partial charge in [-0.3, -0.25) is 14.5 Å². The molecule has 1 aromatic heterocycles. The van der Waals surface area contributed by atoms with Gasteiger partial charge in [0.25, 0.3) is 0 Å². The Bertz CT molecular complexity index is 1080. The molecule has 1 aliphatic carbocycles. The predicted molar refractivity (Wildman–Crippen MR) is 126 cm³/mol. The van der Waals surface area contributed by atoms with Crippen LogP contribution in [-0.2, 0) is 40.6 Å². The van der Waals surface area contributed by atoms with Gasteiger partial charge in [0.15, 0.2) is 11.4 Å². The fourth-order valence-corrected chi connectivity index (χ4v) is 4.41. The molecule has 0 spiro atoms. The molecular formula is C24H32N4O9. The Kier molecular flexibility index (Phi) is 9.55. The number of carboxylic acid groups (broad SMARTS) is 3. The number of fused-ring (bicyclic) bond motifs is 1. The Morgan fingerprint density at radius 2 is 1.70 bits per heavy atom. The van der Waals surface area contributed by atoms with E-state index in [4.69, 9.17) is 25.2 Å². The molecule has 1 aromatic carbocycles. The number of aliphatic hydroxyl groups is 2. The van der Waals surface area contributed by atoms with Crippen molar-refractivity contribution >= 4 is 17.9 Å². The maximum absolute atomic E-state index is 10.3. The number of ether oxygens (including phenoxy) is 1. The topological polar surface area (TPSA) is 196 Å². The molecule has 4 rings (SSSR count). The number of benzene rings is 1. The second kappa shape index (κ2) is 12.6. The van der Waals surface area contributed by atoms with E-state index in [1.54, 1.807) is 0 Å². The van der Waals surface area contributed by atoms with E-state index in [1.807, 2.05) is 4.57 Å². The van der Waals surface area contributed by atoms with Gasteiger partial charge in [0.05, 0.1) is 25.5 Å². The zero-order valence-corrected chi connectivity index (χ0v) is 20.3. The van der Waals surface area contributed by atoms with Crippen LogP contribution in [0.4, 0.5) is 0 Å². The van der Waals surface area contributed by atoms with Crippen molar-refractivity contribution in [2.24, 2.45) is 0 Å². The van der Waals surface area contributed by atoms with Crippen molar-refractivity contribution < 1.29 is 44.7 Å². The van der Waals surface area contributed by atoms with Crippen LogP contribution in [0.25, 0.3) is 0 Å². The van der Waals surface area contributed by atoms with Crippen LogP contribution < -0.4 is 4.74 Å². The second-order valence-electron chi connectivity index (χ2n) is 9.20. The summed E-state index contributed by atoms with van der Waals surface area (Å²) in [5, 5.41) is 51.3. The summed E-state index contributed by atoms with van der Waals surface area (Å²) in [6.07, 6.45) is 3.04. The number of carboxylic acids is 3. The summed E-state index contributed by atoms with van der Waals surface area (Å²) in [4.78, 5) is 32.8. The second-order valence-corrected chi connectivity index (χ2v) is 9.20. The first-order valence-corrected chi connectivity index (χ1v) is 12.0. The molecule has 0 bridgehead atoms. The minimum atomic E-state index is -2.74. The van der Waals surface area contributed by atoms with E-state index in [-0.39, 0.29) is 6.61 Å². The first-order valence-electron chi connectivity index (χ1n) is 12.0. The van der Waals surface area contributed by atoms with Crippen LogP contribution in [0, 0.1) is 0 Å². The highest BCUT2D eigenvalue weighted by atomic mass is 16.5. The van der Waals surface area contributed by atoms with Crippen LogP contribution in [0.1, 0.15) is 55.7 Å². The molecular weight excluding hydrogens is 488 g/mol. The first kappa shape index (κ1) is 28.0. The summed E-state index contributed by atoms with van der Waals surface area (Å²) >= 11 is 0. The maximum atomic E-state index is 10.3. The van der Waals surface area contributed by atoms with Gasteiger partial charge in [0.1, 0.15) is 18.2 Å². The lowest BCUT2D eigenvalue weighted by molar-refractivity contribution is -0.170. The summed E-state index contributed by atoms with van der Waals surface area (Å²) in [5.41, 5.74) is -1.47. The molecule has 0 unspecified atom stereocenters. The minimum Gasteiger partial charge on any atom is -0.490 e. The fourth-order valence-electron chi connectivity index (χ4n) is 4.41. The average molecular weight is 521 g/mol. The highest BCUT2D eigenvalue weighted by Crippen LogP contribution is 2.25. The molecule has 37 heavy (non-hydrogen) atoms. The number of nitrogens with zero attached hydrogens (tertiary/aromatic N) is 4. The van der Waals surface area contributed by atoms with Crippen LogP contribution >= 0.6 is 0 Å². The van der Waals surface area contributed by atoms with Gasteiger partial charge in [-0.2, -0.15) is 0 Å². The summed E-state index contributed by atoms with van der Waals surface area (Å²) in [6, 6.07) is 8.45. The maximum Gasteiger partial charge on any atom is 0.336 e. The Morgan fingerprint density at radius 1 is 1.03 bits per heavy atom. The number of aliphatic hydroxyl groups excluding tert-OH is 1. The van der Waals surface area contributed by atoms with E-state index in [9.17, 15) is 19.5 Å². The molecule has 0 radical (unpaired) electrons. The highest BCUT2D eigenvalue weighted by molar-refractivity contribution is 5.88. The van der Waals surface area contributed by atoms with Crippen LogP contribution in [0.5, 0.6) is 5.75 Å². The van der Waals surface area contributed by atoms with Crippen LogP contribution in [0.3, 0.4) is 0 Å². The normalized spacial score (nSPS) is 15.9. The average Bonchev–Trinajstić information content (AvgIpc) is 3.48. The molecule has 1 aliphatic heterocycles. The quantitative estimate of drug-likeness (QED) is 0.297. The van der Waals surface area contributed by atoms with Crippen LogP contribution in [-0.4, -0.2) is 81.4 Å². The van der Waals surface area contributed by atoms with E-state index < -0.39 is 36.4 Å². The molecule has 2 aliphatic rings.